The Morgan fingerprint density at radius 2 is 1.81 bits per heavy atom. The lowest BCUT2D eigenvalue weighted by atomic mass is 9.48. The Balaban J connectivity index is 1.27. The molecule has 0 radical (unpaired) electrons. The summed E-state index contributed by atoms with van der Waals surface area (Å²) in [5.41, 5.74) is -0.0412. The summed E-state index contributed by atoms with van der Waals surface area (Å²) < 4.78 is 6.33. The van der Waals surface area contributed by atoms with E-state index in [9.17, 15) is 14.4 Å². The molecule has 1 N–H and O–H groups in total. The molecule has 0 saturated heterocycles. The van der Waals surface area contributed by atoms with Crippen molar-refractivity contribution in [2.45, 2.75) is 58.0 Å². The summed E-state index contributed by atoms with van der Waals surface area (Å²) in [5.74, 6) is 1.65. The van der Waals surface area contributed by atoms with Crippen LogP contribution < -0.4 is 10.9 Å². The molecule has 0 aliphatic heterocycles. The standard InChI is InChI=1S/C21H28N2O4/c1-14(21-9-15-6-16(10-21)8-17(7-15)11-21)22-18(24)13-27-20(26)12-23-5-3-2-4-19(23)25/h2-5,14-17H,6-13H2,1H3,(H,22,24)/t14-,15?,16?,17?,21?/m1/s1. The molecule has 1 atom stereocenters. The van der Waals surface area contributed by atoms with Gasteiger partial charge in [0.05, 0.1) is 0 Å². The van der Waals surface area contributed by atoms with Crippen LogP contribution in [0.25, 0.3) is 0 Å². The largest absolute Gasteiger partial charge is 0.454 e. The first-order valence-corrected chi connectivity index (χ1v) is 10.0. The van der Waals surface area contributed by atoms with Crippen molar-refractivity contribution >= 4 is 11.9 Å². The summed E-state index contributed by atoms with van der Waals surface area (Å²) in [6.45, 7) is 1.63. The highest BCUT2D eigenvalue weighted by Crippen LogP contribution is 2.61. The van der Waals surface area contributed by atoms with E-state index in [-0.39, 0.29) is 36.1 Å². The van der Waals surface area contributed by atoms with Crippen LogP contribution in [-0.2, 0) is 20.9 Å². The third kappa shape index (κ3) is 3.80. The van der Waals surface area contributed by atoms with Gasteiger partial charge in [-0.25, -0.2) is 0 Å². The number of hydrogen-bond donors (Lipinski definition) is 1. The monoisotopic (exact) mass is 372 g/mol. The number of pyridine rings is 1. The molecule has 1 amide bonds. The van der Waals surface area contributed by atoms with Crippen molar-refractivity contribution in [3.05, 3.63) is 34.7 Å². The van der Waals surface area contributed by atoms with E-state index in [1.165, 1.54) is 55.4 Å². The lowest BCUT2D eigenvalue weighted by Gasteiger charge is -2.59. The molecular weight excluding hydrogens is 344 g/mol. The highest BCUT2D eigenvalue weighted by Gasteiger charge is 2.53. The van der Waals surface area contributed by atoms with Gasteiger partial charge in [0.1, 0.15) is 6.54 Å². The number of rotatable bonds is 6. The van der Waals surface area contributed by atoms with Gasteiger partial charge in [0, 0.05) is 18.3 Å². The van der Waals surface area contributed by atoms with Crippen LogP contribution in [0.15, 0.2) is 29.2 Å². The van der Waals surface area contributed by atoms with Gasteiger partial charge < -0.3 is 14.6 Å². The Hall–Kier alpha value is -2.11. The van der Waals surface area contributed by atoms with E-state index < -0.39 is 5.97 Å². The SMILES string of the molecule is C[C@@H](NC(=O)COC(=O)Cn1ccccc1=O)C12CC3CC(CC(C3)C1)C2. The molecule has 0 aromatic carbocycles. The number of aromatic nitrogens is 1. The predicted octanol–water partition coefficient (Wildman–Crippen LogP) is 2.11. The first kappa shape index (κ1) is 18.3. The maximum Gasteiger partial charge on any atom is 0.326 e. The van der Waals surface area contributed by atoms with Gasteiger partial charge in [-0.2, -0.15) is 0 Å². The third-order valence-corrected chi connectivity index (χ3v) is 6.94. The fraction of sp³-hybridized carbons (Fsp3) is 0.667. The summed E-state index contributed by atoms with van der Waals surface area (Å²) in [4.78, 5) is 35.8. The quantitative estimate of drug-likeness (QED) is 0.776. The summed E-state index contributed by atoms with van der Waals surface area (Å²) in [5, 5.41) is 3.08. The number of ether oxygens (including phenoxy) is 1. The number of amides is 1. The highest BCUT2D eigenvalue weighted by atomic mass is 16.5. The van der Waals surface area contributed by atoms with E-state index in [0.717, 1.165) is 17.8 Å². The molecule has 1 heterocycles. The Kier molecular flexibility index (Phi) is 4.82. The molecule has 4 aliphatic rings. The van der Waals surface area contributed by atoms with Crippen molar-refractivity contribution in [3.8, 4) is 0 Å². The van der Waals surface area contributed by atoms with Gasteiger partial charge in [-0.05, 0) is 74.7 Å². The van der Waals surface area contributed by atoms with Gasteiger partial charge in [0.15, 0.2) is 6.61 Å². The normalized spacial score (nSPS) is 32.1. The molecule has 4 bridgehead atoms. The van der Waals surface area contributed by atoms with Crippen molar-refractivity contribution in [2.24, 2.45) is 23.2 Å². The molecule has 4 saturated carbocycles. The summed E-state index contributed by atoms with van der Waals surface area (Å²) >= 11 is 0. The van der Waals surface area contributed by atoms with Crippen molar-refractivity contribution in [1.82, 2.24) is 9.88 Å². The first-order valence-electron chi connectivity index (χ1n) is 10.0. The molecule has 6 nitrogen and oxygen atoms in total. The zero-order valence-electron chi connectivity index (χ0n) is 15.9. The van der Waals surface area contributed by atoms with Crippen LogP contribution in [-0.4, -0.2) is 29.1 Å². The van der Waals surface area contributed by atoms with Gasteiger partial charge in [-0.15, -0.1) is 0 Å². The minimum atomic E-state index is -0.582. The molecule has 4 fully saturated rings. The van der Waals surface area contributed by atoms with E-state index in [4.69, 9.17) is 4.74 Å². The maximum atomic E-state index is 12.3. The van der Waals surface area contributed by atoms with E-state index in [1.54, 1.807) is 12.1 Å². The van der Waals surface area contributed by atoms with Crippen LogP contribution in [0.2, 0.25) is 0 Å². The van der Waals surface area contributed by atoms with Crippen LogP contribution in [0.3, 0.4) is 0 Å². The van der Waals surface area contributed by atoms with Gasteiger partial charge in [-0.1, -0.05) is 6.07 Å². The minimum Gasteiger partial charge on any atom is -0.454 e. The first-order chi connectivity index (χ1) is 12.9. The Labute approximate surface area is 159 Å². The fourth-order valence-electron chi connectivity index (χ4n) is 6.07. The van der Waals surface area contributed by atoms with Crippen molar-refractivity contribution in [3.63, 3.8) is 0 Å². The van der Waals surface area contributed by atoms with Gasteiger partial charge in [0.2, 0.25) is 0 Å². The van der Waals surface area contributed by atoms with E-state index in [0.29, 0.717) is 0 Å². The van der Waals surface area contributed by atoms with Crippen LogP contribution in [0, 0.1) is 23.2 Å². The third-order valence-electron chi connectivity index (χ3n) is 6.94. The number of nitrogens with zero attached hydrogens (tertiary/aromatic N) is 1. The lowest BCUT2D eigenvalue weighted by molar-refractivity contribution is -0.150. The van der Waals surface area contributed by atoms with Crippen molar-refractivity contribution < 1.29 is 14.3 Å². The van der Waals surface area contributed by atoms with Crippen molar-refractivity contribution in [2.75, 3.05) is 6.61 Å². The topological polar surface area (TPSA) is 77.4 Å². The van der Waals surface area contributed by atoms with Gasteiger partial charge in [0.25, 0.3) is 11.5 Å². The van der Waals surface area contributed by atoms with E-state index in [1.807, 2.05) is 0 Å². The second-order valence-corrected chi connectivity index (χ2v) is 8.90. The van der Waals surface area contributed by atoms with Gasteiger partial charge in [-0.3, -0.25) is 14.4 Å². The molecule has 0 unspecified atom stereocenters. The maximum absolute atomic E-state index is 12.3. The zero-order chi connectivity index (χ0) is 19.0. The molecule has 4 aliphatic carbocycles. The van der Waals surface area contributed by atoms with Crippen LogP contribution in [0.4, 0.5) is 0 Å². The lowest BCUT2D eigenvalue weighted by Crippen LogP contribution is -2.56. The number of carbonyl (C=O) groups is 2. The van der Waals surface area contributed by atoms with E-state index >= 15 is 0 Å². The number of esters is 1. The number of nitrogens with one attached hydrogen (secondary N) is 1. The van der Waals surface area contributed by atoms with Crippen LogP contribution >= 0.6 is 0 Å². The second-order valence-electron chi connectivity index (χ2n) is 8.90. The van der Waals surface area contributed by atoms with E-state index in [2.05, 4.69) is 12.2 Å². The average molecular weight is 372 g/mol. The Morgan fingerprint density at radius 3 is 2.41 bits per heavy atom. The Morgan fingerprint density at radius 1 is 1.19 bits per heavy atom. The fourth-order valence-corrected chi connectivity index (χ4v) is 6.07. The van der Waals surface area contributed by atoms with Gasteiger partial charge >= 0.3 is 5.97 Å². The van der Waals surface area contributed by atoms with Crippen LogP contribution in [0.1, 0.15) is 45.4 Å². The molecule has 0 spiro atoms. The smallest absolute Gasteiger partial charge is 0.326 e. The zero-order valence-corrected chi connectivity index (χ0v) is 15.9. The predicted molar refractivity (Wildman–Crippen MR) is 99.9 cm³/mol. The summed E-state index contributed by atoms with van der Waals surface area (Å²) in [6, 6.07) is 4.78. The summed E-state index contributed by atoms with van der Waals surface area (Å²) in [7, 11) is 0. The van der Waals surface area contributed by atoms with Crippen molar-refractivity contribution in [1.29, 1.82) is 0 Å². The number of hydrogen-bond acceptors (Lipinski definition) is 4. The highest BCUT2D eigenvalue weighted by molar-refractivity contribution is 5.80. The molecule has 27 heavy (non-hydrogen) atoms. The van der Waals surface area contributed by atoms with Crippen LogP contribution in [0.5, 0.6) is 0 Å². The second kappa shape index (κ2) is 7.13. The molecule has 1 aromatic rings. The molecular formula is C21H28N2O4. The molecule has 6 heteroatoms. The Bertz CT molecular complexity index is 749. The minimum absolute atomic E-state index is 0.105. The number of carbonyl (C=O) groups excluding carboxylic acids is 2. The molecule has 146 valence electrons. The summed E-state index contributed by atoms with van der Waals surface area (Å²) in [6.07, 6.45) is 9.30. The molecule has 5 rings (SSSR count). The molecule has 1 aromatic heterocycles. The average Bonchev–Trinajstić information content (AvgIpc) is 2.61.